The predicted molar refractivity (Wildman–Crippen MR) is 132 cm³/mol. The zero-order valence-electron chi connectivity index (χ0n) is 19.2. The third-order valence-corrected chi connectivity index (χ3v) is 6.12. The molecule has 0 radical (unpaired) electrons. The van der Waals surface area contributed by atoms with E-state index in [2.05, 4.69) is 48.5 Å². The molecule has 1 aromatic heterocycles. The number of amides is 1. The number of hydrogen-bond donors (Lipinski definition) is 2. The summed E-state index contributed by atoms with van der Waals surface area (Å²) < 4.78 is 5.48. The molecule has 1 aromatic rings. The molecule has 2 rings (SSSR count). The minimum Gasteiger partial charge on any atom is -0.359 e. The van der Waals surface area contributed by atoms with Crippen LogP contribution in [0.1, 0.15) is 83.6 Å². The third-order valence-electron chi connectivity index (χ3n) is 6.12. The summed E-state index contributed by atoms with van der Waals surface area (Å²) in [6.07, 6.45) is 5.85. The molecule has 0 unspecified atom stereocenters. The molecule has 172 valence electrons. The van der Waals surface area contributed by atoms with Crippen LogP contribution in [-0.4, -0.2) is 48.1 Å². The monoisotopic (exact) mass is 533 g/mol. The number of hydrogen-bond acceptors (Lipinski definition) is 4. The van der Waals surface area contributed by atoms with Gasteiger partial charge in [-0.1, -0.05) is 32.9 Å². The smallest absolute Gasteiger partial charge is 0.225 e. The van der Waals surface area contributed by atoms with Crippen LogP contribution in [0.25, 0.3) is 0 Å². The lowest BCUT2D eigenvalue weighted by Gasteiger charge is -2.34. The van der Waals surface area contributed by atoms with Gasteiger partial charge in [-0.3, -0.25) is 9.79 Å². The highest BCUT2D eigenvalue weighted by molar-refractivity contribution is 14.0. The Kier molecular flexibility index (Phi) is 12.4. The Balaban J connectivity index is 0.00000450. The Morgan fingerprint density at radius 2 is 1.83 bits per heavy atom. The molecule has 8 heteroatoms. The molecule has 0 bridgehead atoms. The fraction of sp³-hybridized carbons (Fsp3) is 0.773. The molecule has 2 heterocycles. The number of carbonyl (C=O) groups excluding carboxylic acids is 1. The first-order valence-electron chi connectivity index (χ1n) is 11.3. The molecule has 1 saturated heterocycles. The molecule has 1 aliphatic rings. The predicted octanol–water partition coefficient (Wildman–Crippen LogP) is 4.29. The zero-order chi connectivity index (χ0) is 21.2. The van der Waals surface area contributed by atoms with Gasteiger partial charge in [0.2, 0.25) is 5.91 Å². The molecule has 2 N–H and O–H groups in total. The summed E-state index contributed by atoms with van der Waals surface area (Å²) in [6, 6.07) is 2.36. The number of aromatic nitrogens is 1. The van der Waals surface area contributed by atoms with E-state index < -0.39 is 0 Å². The molecule has 0 spiro atoms. The Labute approximate surface area is 198 Å². The number of carbonyl (C=O) groups is 1. The lowest BCUT2D eigenvalue weighted by molar-refractivity contribution is -0.136. The van der Waals surface area contributed by atoms with Crippen LogP contribution in [0.3, 0.4) is 0 Å². The second-order valence-corrected chi connectivity index (χ2v) is 7.91. The summed E-state index contributed by atoms with van der Waals surface area (Å²) in [5.41, 5.74) is 1.03. The number of aliphatic imine (C=N–C) groups is 1. The molecular weight excluding hydrogens is 493 g/mol. The third kappa shape index (κ3) is 7.42. The van der Waals surface area contributed by atoms with Gasteiger partial charge >= 0.3 is 0 Å². The van der Waals surface area contributed by atoms with Gasteiger partial charge in [0, 0.05) is 44.1 Å². The molecule has 1 amide bonds. The van der Waals surface area contributed by atoms with Crippen molar-refractivity contribution in [1.29, 1.82) is 0 Å². The second kappa shape index (κ2) is 13.9. The molecule has 0 aliphatic carbocycles. The van der Waals surface area contributed by atoms with Crippen LogP contribution >= 0.6 is 24.0 Å². The number of nitrogens with zero attached hydrogens (tertiary/aromatic N) is 3. The average Bonchev–Trinajstić information content (AvgIpc) is 3.22. The minimum atomic E-state index is 0. The van der Waals surface area contributed by atoms with E-state index in [0.29, 0.717) is 24.4 Å². The minimum absolute atomic E-state index is 0. The molecule has 7 nitrogen and oxygen atoms in total. The van der Waals surface area contributed by atoms with Crippen LogP contribution < -0.4 is 10.6 Å². The van der Waals surface area contributed by atoms with Crippen LogP contribution in [-0.2, 0) is 11.3 Å². The lowest BCUT2D eigenvalue weighted by Crippen LogP contribution is -2.50. The number of piperidine rings is 1. The van der Waals surface area contributed by atoms with Gasteiger partial charge in [0.15, 0.2) is 11.7 Å². The molecule has 0 saturated carbocycles. The van der Waals surface area contributed by atoms with Gasteiger partial charge in [-0.25, -0.2) is 0 Å². The van der Waals surface area contributed by atoms with Crippen molar-refractivity contribution in [2.75, 3.05) is 20.1 Å². The standard InChI is InChI=1S/C22H39N5O2.HI/c1-6-16(7-2)20-14-19(29-26-20)15-24-22(23-5)25-18-10-12-27(13-11-18)21(28)17(8-3)9-4;/h14,16-18H,6-13,15H2,1-5H3,(H2,23,24,25);1H. The summed E-state index contributed by atoms with van der Waals surface area (Å²) in [7, 11) is 1.77. The molecule has 30 heavy (non-hydrogen) atoms. The first-order valence-corrected chi connectivity index (χ1v) is 11.3. The van der Waals surface area contributed by atoms with E-state index in [4.69, 9.17) is 4.52 Å². The van der Waals surface area contributed by atoms with E-state index in [1.165, 1.54) is 0 Å². The number of nitrogens with one attached hydrogen (secondary N) is 2. The zero-order valence-corrected chi connectivity index (χ0v) is 21.6. The van der Waals surface area contributed by atoms with Gasteiger partial charge in [0.1, 0.15) is 0 Å². The summed E-state index contributed by atoms with van der Waals surface area (Å²) in [6.45, 7) is 10.7. The van der Waals surface area contributed by atoms with Crippen molar-refractivity contribution in [2.24, 2.45) is 10.9 Å². The maximum absolute atomic E-state index is 12.6. The highest BCUT2D eigenvalue weighted by Gasteiger charge is 2.26. The molecule has 1 fully saturated rings. The van der Waals surface area contributed by atoms with Gasteiger partial charge in [-0.15, -0.1) is 24.0 Å². The van der Waals surface area contributed by atoms with Crippen LogP contribution in [0, 0.1) is 5.92 Å². The van der Waals surface area contributed by atoms with Crippen molar-refractivity contribution in [3.05, 3.63) is 17.5 Å². The first kappa shape index (κ1) is 26.7. The van der Waals surface area contributed by atoms with E-state index in [1.54, 1.807) is 7.05 Å². The van der Waals surface area contributed by atoms with Crippen molar-refractivity contribution in [3.8, 4) is 0 Å². The SMILES string of the molecule is CCC(CC)C(=O)N1CCC(NC(=NC)NCc2cc(C(CC)CC)no2)CC1.I. The summed E-state index contributed by atoms with van der Waals surface area (Å²) in [5, 5.41) is 11.0. The fourth-order valence-electron chi connectivity index (χ4n) is 4.01. The van der Waals surface area contributed by atoms with E-state index >= 15 is 0 Å². The van der Waals surface area contributed by atoms with E-state index in [0.717, 1.165) is 69.0 Å². The van der Waals surface area contributed by atoms with Crippen molar-refractivity contribution in [1.82, 2.24) is 20.7 Å². The average molecular weight is 533 g/mol. The summed E-state index contributed by atoms with van der Waals surface area (Å²) in [5.74, 6) is 2.52. The molecule has 0 aromatic carbocycles. The highest BCUT2D eigenvalue weighted by atomic mass is 127. The summed E-state index contributed by atoms with van der Waals surface area (Å²) >= 11 is 0. The van der Waals surface area contributed by atoms with Gasteiger partial charge < -0.3 is 20.1 Å². The topological polar surface area (TPSA) is 82.8 Å². The Morgan fingerprint density at radius 3 is 2.37 bits per heavy atom. The second-order valence-electron chi connectivity index (χ2n) is 7.91. The number of rotatable bonds is 9. The van der Waals surface area contributed by atoms with Gasteiger partial charge in [-0.05, 0) is 38.5 Å². The van der Waals surface area contributed by atoms with Crippen molar-refractivity contribution < 1.29 is 9.32 Å². The van der Waals surface area contributed by atoms with Crippen LogP contribution in [0.4, 0.5) is 0 Å². The van der Waals surface area contributed by atoms with Crippen LogP contribution in [0.2, 0.25) is 0 Å². The van der Waals surface area contributed by atoms with Crippen LogP contribution in [0.5, 0.6) is 0 Å². The Hall–Kier alpha value is -1.32. The van der Waals surface area contributed by atoms with Crippen molar-refractivity contribution in [2.45, 2.75) is 84.7 Å². The molecule has 1 aliphatic heterocycles. The largest absolute Gasteiger partial charge is 0.359 e. The fourth-order valence-corrected chi connectivity index (χ4v) is 4.01. The van der Waals surface area contributed by atoms with Gasteiger partial charge in [0.25, 0.3) is 0 Å². The quantitative estimate of drug-likeness (QED) is 0.281. The van der Waals surface area contributed by atoms with E-state index in [-0.39, 0.29) is 29.9 Å². The number of guanidine groups is 1. The van der Waals surface area contributed by atoms with Crippen molar-refractivity contribution in [3.63, 3.8) is 0 Å². The number of halogens is 1. The maximum atomic E-state index is 12.6. The molecule has 0 atom stereocenters. The van der Waals surface area contributed by atoms with E-state index in [9.17, 15) is 4.79 Å². The molecular formula is C22H40IN5O2. The van der Waals surface area contributed by atoms with E-state index in [1.807, 2.05) is 11.0 Å². The Bertz CT molecular complexity index is 648. The van der Waals surface area contributed by atoms with Crippen molar-refractivity contribution >= 4 is 35.8 Å². The summed E-state index contributed by atoms with van der Waals surface area (Å²) in [4.78, 5) is 18.9. The number of likely N-dealkylation sites (tertiary alicyclic amines) is 1. The first-order chi connectivity index (χ1) is 14.1. The maximum Gasteiger partial charge on any atom is 0.225 e. The van der Waals surface area contributed by atoms with Gasteiger partial charge in [0.05, 0.1) is 12.2 Å². The normalized spacial score (nSPS) is 15.4. The highest BCUT2D eigenvalue weighted by Crippen LogP contribution is 2.22. The van der Waals surface area contributed by atoms with Crippen LogP contribution in [0.15, 0.2) is 15.6 Å². The van der Waals surface area contributed by atoms with Gasteiger partial charge in [-0.2, -0.15) is 0 Å². The Morgan fingerprint density at radius 1 is 1.20 bits per heavy atom. The lowest BCUT2D eigenvalue weighted by atomic mass is 9.98.